The van der Waals surface area contributed by atoms with Gasteiger partial charge in [0.25, 0.3) is 0 Å². The van der Waals surface area contributed by atoms with E-state index in [9.17, 15) is 4.79 Å². The molecule has 3 rings (SSSR count). The SMILES string of the molecule is [B]c1ccccc1C1CN(C)CC1c1cc(N)ccc1OC(C)=O. The van der Waals surface area contributed by atoms with Gasteiger partial charge in [0.15, 0.2) is 0 Å². The third-order valence-corrected chi connectivity index (χ3v) is 4.58. The molecule has 2 N–H and O–H groups in total. The Bertz CT molecular complexity index is 763. The number of nitrogens with zero attached hydrogens (tertiary/aromatic N) is 1. The van der Waals surface area contributed by atoms with E-state index in [4.69, 9.17) is 18.3 Å². The first-order chi connectivity index (χ1) is 11.5. The largest absolute Gasteiger partial charge is 0.426 e. The maximum absolute atomic E-state index is 11.5. The van der Waals surface area contributed by atoms with Gasteiger partial charge >= 0.3 is 5.97 Å². The summed E-state index contributed by atoms with van der Waals surface area (Å²) in [5, 5.41) is 0. The molecule has 24 heavy (non-hydrogen) atoms. The minimum atomic E-state index is -0.330. The molecule has 5 heteroatoms. The lowest BCUT2D eigenvalue weighted by molar-refractivity contribution is -0.131. The zero-order valence-corrected chi connectivity index (χ0v) is 14.0. The summed E-state index contributed by atoms with van der Waals surface area (Å²) in [4.78, 5) is 13.7. The van der Waals surface area contributed by atoms with Gasteiger partial charge in [-0.1, -0.05) is 35.3 Å². The number of likely N-dealkylation sites (tertiary alicyclic amines) is 1. The number of ether oxygens (including phenoxy) is 1. The van der Waals surface area contributed by atoms with Crippen LogP contribution >= 0.6 is 0 Å². The average molecular weight is 320 g/mol. The van der Waals surface area contributed by atoms with Crippen LogP contribution in [0.25, 0.3) is 0 Å². The number of likely N-dealkylation sites (N-methyl/N-ethyl adjacent to an activating group) is 1. The number of hydrogen-bond donors (Lipinski definition) is 1. The molecule has 2 aromatic rings. The summed E-state index contributed by atoms with van der Waals surface area (Å²) in [6, 6.07) is 13.4. The fourth-order valence-corrected chi connectivity index (χ4v) is 3.58. The van der Waals surface area contributed by atoms with E-state index >= 15 is 0 Å². The standard InChI is InChI=1S/C19H21BN2O2/c1-12(23)24-19-8-7-13(21)9-15(19)17-11-22(2)10-16(17)14-5-3-4-6-18(14)20/h3-9,16-17H,10-11,21H2,1-2H3. The number of carbonyl (C=O) groups excluding carboxylic acids is 1. The molecule has 1 fully saturated rings. The monoisotopic (exact) mass is 320 g/mol. The molecule has 4 nitrogen and oxygen atoms in total. The number of esters is 1. The highest BCUT2D eigenvalue weighted by molar-refractivity contribution is 6.33. The third-order valence-electron chi connectivity index (χ3n) is 4.58. The molecular formula is C19H21BN2O2. The summed E-state index contributed by atoms with van der Waals surface area (Å²) in [5.41, 5.74) is 9.54. The molecule has 1 aliphatic rings. The number of benzene rings is 2. The first-order valence-corrected chi connectivity index (χ1v) is 8.06. The Morgan fingerprint density at radius 2 is 1.83 bits per heavy atom. The van der Waals surface area contributed by atoms with Crippen molar-refractivity contribution in [2.75, 3.05) is 25.9 Å². The quantitative estimate of drug-likeness (QED) is 0.405. The first-order valence-electron chi connectivity index (χ1n) is 8.06. The highest BCUT2D eigenvalue weighted by Gasteiger charge is 2.35. The molecule has 0 aromatic heterocycles. The lowest BCUT2D eigenvalue weighted by Crippen LogP contribution is -2.20. The molecule has 0 bridgehead atoms. The molecule has 2 atom stereocenters. The van der Waals surface area contributed by atoms with Crippen LogP contribution in [0.5, 0.6) is 5.75 Å². The van der Waals surface area contributed by atoms with E-state index in [-0.39, 0.29) is 17.8 Å². The number of carbonyl (C=O) groups is 1. The van der Waals surface area contributed by atoms with Gasteiger partial charge < -0.3 is 15.4 Å². The number of hydrogen-bond acceptors (Lipinski definition) is 4. The Morgan fingerprint density at radius 3 is 2.50 bits per heavy atom. The van der Waals surface area contributed by atoms with Crippen LogP contribution in [-0.4, -0.2) is 38.9 Å². The summed E-state index contributed by atoms with van der Waals surface area (Å²) in [7, 11) is 8.29. The second kappa shape index (κ2) is 6.69. The first kappa shape index (κ1) is 16.6. The number of rotatable bonds is 3. The highest BCUT2D eigenvalue weighted by atomic mass is 16.5. The van der Waals surface area contributed by atoms with Crippen molar-refractivity contribution in [3.8, 4) is 5.75 Å². The summed E-state index contributed by atoms with van der Waals surface area (Å²) >= 11 is 0. The molecule has 0 amide bonds. The second-order valence-electron chi connectivity index (χ2n) is 6.45. The van der Waals surface area contributed by atoms with E-state index in [0.717, 1.165) is 29.7 Å². The van der Waals surface area contributed by atoms with Gasteiger partial charge in [0.2, 0.25) is 0 Å². The Morgan fingerprint density at radius 1 is 1.17 bits per heavy atom. The van der Waals surface area contributed by atoms with E-state index < -0.39 is 0 Å². The van der Waals surface area contributed by atoms with Gasteiger partial charge in [-0.15, -0.1) is 0 Å². The summed E-state index contributed by atoms with van der Waals surface area (Å²) in [6.07, 6.45) is 0. The molecule has 0 spiro atoms. The van der Waals surface area contributed by atoms with Crippen molar-refractivity contribution in [2.24, 2.45) is 0 Å². The third kappa shape index (κ3) is 3.31. The maximum Gasteiger partial charge on any atom is 0.308 e. The van der Waals surface area contributed by atoms with E-state index in [1.165, 1.54) is 6.92 Å². The Labute approximate surface area is 144 Å². The van der Waals surface area contributed by atoms with Crippen LogP contribution in [0.15, 0.2) is 42.5 Å². The maximum atomic E-state index is 11.5. The fraction of sp³-hybridized carbons (Fsp3) is 0.316. The van der Waals surface area contributed by atoms with Crippen LogP contribution in [0, 0.1) is 0 Å². The lowest BCUT2D eigenvalue weighted by atomic mass is 9.77. The van der Waals surface area contributed by atoms with Crippen LogP contribution in [0.2, 0.25) is 0 Å². The van der Waals surface area contributed by atoms with Crippen molar-refractivity contribution in [1.82, 2.24) is 4.90 Å². The van der Waals surface area contributed by atoms with Gasteiger partial charge in [0.1, 0.15) is 13.6 Å². The van der Waals surface area contributed by atoms with Crippen molar-refractivity contribution in [3.05, 3.63) is 53.6 Å². The molecule has 2 unspecified atom stereocenters. The minimum absolute atomic E-state index is 0.164. The predicted octanol–water partition coefficient (Wildman–Crippen LogP) is 1.80. The van der Waals surface area contributed by atoms with Crippen molar-refractivity contribution < 1.29 is 9.53 Å². The van der Waals surface area contributed by atoms with Crippen molar-refractivity contribution in [2.45, 2.75) is 18.8 Å². The number of nitrogens with two attached hydrogens (primary N) is 1. The molecule has 2 aromatic carbocycles. The van der Waals surface area contributed by atoms with Crippen LogP contribution < -0.4 is 15.9 Å². The van der Waals surface area contributed by atoms with Gasteiger partial charge in [0.05, 0.1) is 0 Å². The van der Waals surface area contributed by atoms with E-state index in [1.807, 2.05) is 24.3 Å². The Balaban J connectivity index is 2.05. The predicted molar refractivity (Wildman–Crippen MR) is 97.0 cm³/mol. The highest BCUT2D eigenvalue weighted by Crippen LogP contribution is 2.42. The van der Waals surface area contributed by atoms with Crippen molar-refractivity contribution >= 4 is 25.0 Å². The molecule has 2 radical (unpaired) electrons. The normalized spacial score (nSPS) is 20.9. The van der Waals surface area contributed by atoms with E-state index in [1.54, 1.807) is 12.1 Å². The van der Waals surface area contributed by atoms with Gasteiger partial charge in [0, 0.05) is 43.1 Å². The lowest BCUT2D eigenvalue weighted by Gasteiger charge is -2.23. The summed E-state index contributed by atoms with van der Waals surface area (Å²) in [6.45, 7) is 3.16. The molecule has 0 aliphatic carbocycles. The second-order valence-corrected chi connectivity index (χ2v) is 6.45. The zero-order chi connectivity index (χ0) is 17.3. The van der Waals surface area contributed by atoms with Gasteiger partial charge in [-0.05, 0) is 25.2 Å². The van der Waals surface area contributed by atoms with Crippen molar-refractivity contribution in [1.29, 1.82) is 0 Å². The van der Waals surface area contributed by atoms with Gasteiger partial charge in [-0.2, -0.15) is 0 Å². The zero-order valence-electron chi connectivity index (χ0n) is 14.0. The van der Waals surface area contributed by atoms with Gasteiger partial charge in [-0.25, -0.2) is 0 Å². The topological polar surface area (TPSA) is 55.6 Å². The molecular weight excluding hydrogens is 299 g/mol. The average Bonchev–Trinajstić information content (AvgIpc) is 2.90. The molecule has 1 heterocycles. The van der Waals surface area contributed by atoms with E-state index in [2.05, 4.69) is 18.0 Å². The Kier molecular flexibility index (Phi) is 4.63. The van der Waals surface area contributed by atoms with E-state index in [0.29, 0.717) is 11.4 Å². The van der Waals surface area contributed by atoms with Crippen LogP contribution in [0.4, 0.5) is 5.69 Å². The minimum Gasteiger partial charge on any atom is -0.426 e. The van der Waals surface area contributed by atoms with Crippen molar-refractivity contribution in [3.63, 3.8) is 0 Å². The van der Waals surface area contributed by atoms with Crippen LogP contribution in [0.1, 0.15) is 29.9 Å². The fourth-order valence-electron chi connectivity index (χ4n) is 3.58. The number of nitrogen functional groups attached to an aromatic ring is 1. The smallest absolute Gasteiger partial charge is 0.308 e. The number of anilines is 1. The molecule has 0 saturated carbocycles. The molecule has 1 saturated heterocycles. The molecule has 122 valence electrons. The Hall–Kier alpha value is -2.27. The summed E-state index contributed by atoms with van der Waals surface area (Å²) < 4.78 is 5.42. The van der Waals surface area contributed by atoms with Crippen LogP contribution in [0.3, 0.4) is 0 Å². The van der Waals surface area contributed by atoms with Crippen LogP contribution in [-0.2, 0) is 4.79 Å². The summed E-state index contributed by atoms with van der Waals surface area (Å²) in [5.74, 6) is 0.643. The molecule has 1 aliphatic heterocycles. The van der Waals surface area contributed by atoms with Gasteiger partial charge in [-0.3, -0.25) is 4.79 Å².